The van der Waals surface area contributed by atoms with Crippen LogP contribution in [0.25, 0.3) is 0 Å². The molecule has 1 aromatic carbocycles. The minimum atomic E-state index is -0.0902. The zero-order valence-electron chi connectivity index (χ0n) is 15.7. The lowest BCUT2D eigenvalue weighted by Gasteiger charge is -2.36. The Bertz CT molecular complexity index is 830. The van der Waals surface area contributed by atoms with Crippen LogP contribution in [0.4, 0.5) is 0 Å². The maximum absolute atomic E-state index is 12.8. The van der Waals surface area contributed by atoms with Gasteiger partial charge in [-0.2, -0.15) is 0 Å². The molecule has 3 heterocycles. The number of amides is 2. The summed E-state index contributed by atoms with van der Waals surface area (Å²) in [6.07, 6.45) is 1.76. The normalized spacial score (nSPS) is 20.8. The van der Waals surface area contributed by atoms with Crippen molar-refractivity contribution in [2.75, 3.05) is 39.3 Å². The number of furan rings is 1. The number of carbonyl (C=O) groups is 2. The van der Waals surface area contributed by atoms with Gasteiger partial charge < -0.3 is 14.2 Å². The number of halogens is 1. The van der Waals surface area contributed by atoms with Crippen LogP contribution in [0.3, 0.4) is 0 Å². The van der Waals surface area contributed by atoms with E-state index in [1.807, 2.05) is 23.1 Å². The highest BCUT2D eigenvalue weighted by molar-refractivity contribution is 9.10. The summed E-state index contributed by atoms with van der Waals surface area (Å²) < 4.78 is 5.93. The van der Waals surface area contributed by atoms with Crippen molar-refractivity contribution >= 4 is 27.7 Å². The van der Waals surface area contributed by atoms with Crippen molar-refractivity contribution < 1.29 is 14.0 Å². The molecule has 2 aliphatic rings. The van der Waals surface area contributed by atoms with E-state index in [1.165, 1.54) is 5.56 Å². The summed E-state index contributed by atoms with van der Waals surface area (Å²) >= 11 is 3.23. The zero-order valence-corrected chi connectivity index (χ0v) is 17.3. The molecule has 28 heavy (non-hydrogen) atoms. The van der Waals surface area contributed by atoms with Crippen LogP contribution in [0.15, 0.2) is 51.6 Å². The lowest BCUT2D eigenvalue weighted by atomic mass is 10.1. The summed E-state index contributed by atoms with van der Waals surface area (Å²) in [7, 11) is 0. The fraction of sp³-hybridized carbons (Fsp3) is 0.429. The largest absolute Gasteiger partial charge is 0.444 e. The van der Waals surface area contributed by atoms with Gasteiger partial charge in [0.15, 0.2) is 10.4 Å². The van der Waals surface area contributed by atoms with Crippen LogP contribution in [-0.2, 0) is 11.2 Å². The monoisotopic (exact) mass is 445 g/mol. The van der Waals surface area contributed by atoms with Gasteiger partial charge in [0, 0.05) is 39.3 Å². The molecule has 0 radical (unpaired) electrons. The quantitative estimate of drug-likeness (QED) is 0.709. The zero-order chi connectivity index (χ0) is 19.5. The van der Waals surface area contributed by atoms with E-state index in [-0.39, 0.29) is 17.9 Å². The van der Waals surface area contributed by atoms with Gasteiger partial charge in [-0.3, -0.25) is 14.5 Å². The summed E-state index contributed by atoms with van der Waals surface area (Å²) in [5.74, 6) is 0.489. The summed E-state index contributed by atoms with van der Waals surface area (Å²) in [6, 6.07) is 13.6. The number of piperazine rings is 1. The van der Waals surface area contributed by atoms with Crippen LogP contribution in [0, 0.1) is 0 Å². The minimum absolute atomic E-state index is 0.0502. The van der Waals surface area contributed by atoms with E-state index < -0.39 is 0 Å². The molecule has 0 N–H and O–H groups in total. The van der Waals surface area contributed by atoms with Crippen LogP contribution in [0.1, 0.15) is 22.5 Å². The second-order valence-electron chi connectivity index (χ2n) is 7.30. The molecule has 2 aromatic rings. The Hall–Kier alpha value is -2.12. The van der Waals surface area contributed by atoms with E-state index in [0.29, 0.717) is 23.5 Å². The van der Waals surface area contributed by atoms with E-state index in [4.69, 9.17) is 4.42 Å². The number of hydrogen-bond donors (Lipinski definition) is 0. The van der Waals surface area contributed by atoms with E-state index in [0.717, 1.165) is 39.0 Å². The Morgan fingerprint density at radius 1 is 1.04 bits per heavy atom. The first kappa shape index (κ1) is 19.2. The van der Waals surface area contributed by atoms with Gasteiger partial charge in [-0.1, -0.05) is 30.3 Å². The van der Waals surface area contributed by atoms with Crippen molar-refractivity contribution in [3.8, 4) is 0 Å². The Morgan fingerprint density at radius 3 is 2.46 bits per heavy atom. The number of hydrogen-bond acceptors (Lipinski definition) is 4. The van der Waals surface area contributed by atoms with Gasteiger partial charge in [0.25, 0.3) is 5.91 Å². The lowest BCUT2D eigenvalue weighted by molar-refractivity contribution is -0.132. The van der Waals surface area contributed by atoms with E-state index >= 15 is 0 Å². The number of nitrogens with zero attached hydrogens (tertiary/aromatic N) is 3. The molecule has 0 bridgehead atoms. The first-order valence-electron chi connectivity index (χ1n) is 9.73. The maximum atomic E-state index is 12.8. The van der Waals surface area contributed by atoms with Crippen molar-refractivity contribution in [1.29, 1.82) is 0 Å². The van der Waals surface area contributed by atoms with Crippen molar-refractivity contribution in [2.24, 2.45) is 0 Å². The van der Waals surface area contributed by atoms with Gasteiger partial charge in [-0.15, -0.1) is 0 Å². The first-order valence-corrected chi connectivity index (χ1v) is 10.5. The van der Waals surface area contributed by atoms with Gasteiger partial charge in [0.1, 0.15) is 0 Å². The SMILES string of the molecule is O=C(c1ccc(Br)o1)N1CCN(C2CCN(CCc3ccccc3)C2=O)CC1. The van der Waals surface area contributed by atoms with Crippen LogP contribution in [0.2, 0.25) is 0 Å². The number of carbonyl (C=O) groups excluding carboxylic acids is 2. The Morgan fingerprint density at radius 2 is 1.79 bits per heavy atom. The summed E-state index contributed by atoms with van der Waals surface area (Å²) in [6.45, 7) is 4.25. The molecule has 1 atom stereocenters. The predicted octanol–water partition coefficient (Wildman–Crippen LogP) is 2.64. The molecule has 0 spiro atoms. The van der Waals surface area contributed by atoms with Crippen LogP contribution >= 0.6 is 15.9 Å². The van der Waals surface area contributed by atoms with Crippen LogP contribution < -0.4 is 0 Å². The molecule has 1 aromatic heterocycles. The molecule has 1 unspecified atom stereocenters. The molecule has 6 nitrogen and oxygen atoms in total. The number of rotatable bonds is 5. The van der Waals surface area contributed by atoms with Gasteiger partial charge in [0.2, 0.25) is 5.91 Å². The molecular weight excluding hydrogens is 422 g/mol. The highest BCUT2D eigenvalue weighted by atomic mass is 79.9. The highest BCUT2D eigenvalue weighted by Gasteiger charge is 2.37. The summed E-state index contributed by atoms with van der Waals surface area (Å²) in [4.78, 5) is 31.4. The molecule has 0 saturated carbocycles. The molecular formula is C21H24BrN3O3. The average molecular weight is 446 g/mol. The molecule has 148 valence electrons. The highest BCUT2D eigenvalue weighted by Crippen LogP contribution is 2.21. The Kier molecular flexibility index (Phi) is 5.82. The molecule has 2 amide bonds. The van der Waals surface area contributed by atoms with Crippen LogP contribution in [-0.4, -0.2) is 71.8 Å². The third-order valence-electron chi connectivity index (χ3n) is 5.61. The Balaban J connectivity index is 1.28. The fourth-order valence-electron chi connectivity index (χ4n) is 4.01. The molecule has 4 rings (SSSR count). The van der Waals surface area contributed by atoms with Crippen molar-refractivity contribution in [1.82, 2.24) is 14.7 Å². The van der Waals surface area contributed by atoms with Gasteiger partial charge >= 0.3 is 0 Å². The van der Waals surface area contributed by atoms with Gasteiger partial charge in [-0.05, 0) is 46.5 Å². The number of likely N-dealkylation sites (tertiary alicyclic amines) is 1. The second kappa shape index (κ2) is 8.49. The summed E-state index contributed by atoms with van der Waals surface area (Å²) in [5, 5.41) is 0. The maximum Gasteiger partial charge on any atom is 0.289 e. The van der Waals surface area contributed by atoms with Gasteiger partial charge in [0.05, 0.1) is 6.04 Å². The van der Waals surface area contributed by atoms with Crippen molar-refractivity contribution in [2.45, 2.75) is 18.9 Å². The van der Waals surface area contributed by atoms with Crippen LogP contribution in [0.5, 0.6) is 0 Å². The predicted molar refractivity (Wildman–Crippen MR) is 109 cm³/mol. The molecule has 7 heteroatoms. The van der Waals surface area contributed by atoms with E-state index in [9.17, 15) is 9.59 Å². The average Bonchev–Trinajstić information content (AvgIpc) is 3.32. The van der Waals surface area contributed by atoms with E-state index in [2.05, 4.69) is 33.0 Å². The fourth-order valence-corrected chi connectivity index (χ4v) is 4.32. The molecule has 0 aliphatic carbocycles. The van der Waals surface area contributed by atoms with Crippen molar-refractivity contribution in [3.05, 3.63) is 58.5 Å². The Labute approximate surface area is 173 Å². The molecule has 2 saturated heterocycles. The summed E-state index contributed by atoms with van der Waals surface area (Å²) in [5.41, 5.74) is 1.26. The van der Waals surface area contributed by atoms with Crippen molar-refractivity contribution in [3.63, 3.8) is 0 Å². The molecule has 2 aliphatic heterocycles. The minimum Gasteiger partial charge on any atom is -0.444 e. The number of benzene rings is 1. The first-order chi connectivity index (χ1) is 13.6. The standard InChI is InChI=1S/C21H24BrN3O3/c22-19-7-6-18(28-19)21(27)25-14-12-23(13-15-25)17-9-11-24(20(17)26)10-8-16-4-2-1-3-5-16/h1-7,17H,8-15H2. The smallest absolute Gasteiger partial charge is 0.289 e. The lowest BCUT2D eigenvalue weighted by Crippen LogP contribution is -2.53. The third kappa shape index (κ3) is 4.15. The topological polar surface area (TPSA) is 57.0 Å². The molecule has 2 fully saturated rings. The van der Waals surface area contributed by atoms with E-state index in [1.54, 1.807) is 17.0 Å². The third-order valence-corrected chi connectivity index (χ3v) is 6.03. The second-order valence-corrected chi connectivity index (χ2v) is 8.08. The van der Waals surface area contributed by atoms with Gasteiger partial charge in [-0.25, -0.2) is 0 Å².